The van der Waals surface area contributed by atoms with Crippen molar-refractivity contribution in [1.29, 1.82) is 0 Å². The molecule has 3 aromatic rings. The van der Waals surface area contributed by atoms with Gasteiger partial charge in [-0.3, -0.25) is 14.9 Å². The Morgan fingerprint density at radius 1 is 1.36 bits per heavy atom. The maximum atomic E-state index is 12.6. The van der Waals surface area contributed by atoms with Gasteiger partial charge in [-0.1, -0.05) is 11.6 Å². The van der Waals surface area contributed by atoms with Crippen LogP contribution in [0.1, 0.15) is 22.1 Å². The molecule has 9 nitrogen and oxygen atoms in total. The van der Waals surface area contributed by atoms with Gasteiger partial charge in [-0.05, 0) is 31.2 Å². The second-order valence-corrected chi connectivity index (χ2v) is 7.01. The zero-order valence-electron chi connectivity index (χ0n) is 15.0. The summed E-state index contributed by atoms with van der Waals surface area (Å²) in [6.07, 6.45) is 1.58. The topological polar surface area (TPSA) is 118 Å². The SMILES string of the molecule is Cc1cnc([C@]2(CNC(=O)c3cc4cc(Cl)ccc4o3)NC(=O)NC2=O)n1C. The molecule has 0 saturated carbocycles. The number of carbonyl (C=O) groups is 3. The highest BCUT2D eigenvalue weighted by Crippen LogP contribution is 2.25. The fourth-order valence-corrected chi connectivity index (χ4v) is 3.35. The highest BCUT2D eigenvalue weighted by molar-refractivity contribution is 6.31. The molecule has 1 fully saturated rings. The van der Waals surface area contributed by atoms with Crippen LogP contribution in [0.5, 0.6) is 0 Å². The van der Waals surface area contributed by atoms with Crippen molar-refractivity contribution >= 4 is 40.4 Å². The minimum absolute atomic E-state index is 0.0631. The average molecular weight is 402 g/mol. The van der Waals surface area contributed by atoms with Crippen molar-refractivity contribution in [2.75, 3.05) is 6.54 Å². The van der Waals surface area contributed by atoms with Crippen molar-refractivity contribution in [3.63, 3.8) is 0 Å². The number of nitrogens with one attached hydrogen (secondary N) is 3. The molecule has 4 rings (SSSR count). The number of aryl methyl sites for hydroxylation is 1. The number of carbonyl (C=O) groups excluding carboxylic acids is 3. The second-order valence-electron chi connectivity index (χ2n) is 6.57. The highest BCUT2D eigenvalue weighted by atomic mass is 35.5. The number of nitrogens with zero attached hydrogens (tertiary/aromatic N) is 2. The van der Waals surface area contributed by atoms with Crippen LogP contribution in [0.3, 0.4) is 0 Å². The summed E-state index contributed by atoms with van der Waals surface area (Å²) in [7, 11) is 1.72. The molecule has 4 amide bonds. The molecule has 144 valence electrons. The molecule has 0 radical (unpaired) electrons. The minimum Gasteiger partial charge on any atom is -0.451 e. The summed E-state index contributed by atoms with van der Waals surface area (Å²) in [6.45, 7) is 1.61. The number of imide groups is 1. The van der Waals surface area contributed by atoms with Gasteiger partial charge in [0.1, 0.15) is 11.4 Å². The number of hydrogen-bond donors (Lipinski definition) is 3. The lowest BCUT2D eigenvalue weighted by Gasteiger charge is -2.25. The van der Waals surface area contributed by atoms with Gasteiger partial charge in [-0.2, -0.15) is 0 Å². The summed E-state index contributed by atoms with van der Waals surface area (Å²) in [5.41, 5.74) is -0.217. The molecule has 1 aromatic carbocycles. The van der Waals surface area contributed by atoms with Crippen LogP contribution < -0.4 is 16.0 Å². The van der Waals surface area contributed by atoms with Crippen LogP contribution in [0.25, 0.3) is 11.0 Å². The van der Waals surface area contributed by atoms with Crippen LogP contribution >= 0.6 is 11.6 Å². The third kappa shape index (κ3) is 2.80. The molecule has 0 unspecified atom stereocenters. The molecule has 2 aromatic heterocycles. The fourth-order valence-electron chi connectivity index (χ4n) is 3.17. The predicted molar refractivity (Wildman–Crippen MR) is 99.9 cm³/mol. The Balaban J connectivity index is 1.62. The van der Waals surface area contributed by atoms with Crippen LogP contribution in [0.15, 0.2) is 34.9 Å². The van der Waals surface area contributed by atoms with Gasteiger partial charge in [-0.25, -0.2) is 9.78 Å². The van der Waals surface area contributed by atoms with E-state index in [4.69, 9.17) is 16.0 Å². The fraction of sp³-hybridized carbons (Fsp3) is 0.222. The van der Waals surface area contributed by atoms with E-state index in [0.29, 0.717) is 21.8 Å². The molecule has 3 heterocycles. The van der Waals surface area contributed by atoms with Crippen molar-refractivity contribution in [3.8, 4) is 0 Å². The number of urea groups is 1. The molecule has 1 aliphatic rings. The third-order valence-electron chi connectivity index (χ3n) is 4.76. The van der Waals surface area contributed by atoms with Crippen molar-refractivity contribution < 1.29 is 18.8 Å². The first kappa shape index (κ1) is 18.1. The predicted octanol–water partition coefficient (Wildman–Crippen LogP) is 1.59. The van der Waals surface area contributed by atoms with E-state index in [-0.39, 0.29) is 12.3 Å². The number of hydrogen-bond acceptors (Lipinski definition) is 5. The molecule has 3 N–H and O–H groups in total. The summed E-state index contributed by atoms with van der Waals surface area (Å²) >= 11 is 5.95. The van der Waals surface area contributed by atoms with Gasteiger partial charge < -0.3 is 19.6 Å². The minimum atomic E-state index is -1.52. The van der Waals surface area contributed by atoms with E-state index in [1.54, 1.807) is 42.1 Å². The standard InChI is InChI=1S/C18H16ClN5O4/c1-9-7-20-15(24(9)2)18(16(26)22-17(27)23-18)8-21-14(25)13-6-10-5-11(19)3-4-12(10)28-13/h3-7H,8H2,1-2H3,(H,21,25)(H2,22,23,26,27)/t18-/m0/s1. The smallest absolute Gasteiger partial charge is 0.322 e. The molecule has 0 bridgehead atoms. The Morgan fingerprint density at radius 3 is 2.79 bits per heavy atom. The zero-order valence-corrected chi connectivity index (χ0v) is 15.8. The first-order valence-corrected chi connectivity index (χ1v) is 8.77. The number of amides is 4. The maximum Gasteiger partial charge on any atom is 0.322 e. The first-order valence-electron chi connectivity index (χ1n) is 8.40. The molecule has 0 spiro atoms. The number of rotatable bonds is 4. The van der Waals surface area contributed by atoms with Gasteiger partial charge >= 0.3 is 6.03 Å². The van der Waals surface area contributed by atoms with Gasteiger partial charge in [-0.15, -0.1) is 0 Å². The van der Waals surface area contributed by atoms with Gasteiger partial charge in [0.25, 0.3) is 11.8 Å². The summed E-state index contributed by atoms with van der Waals surface area (Å²) in [6, 6.07) is 5.91. The van der Waals surface area contributed by atoms with Crippen molar-refractivity contribution in [3.05, 3.63) is 52.8 Å². The average Bonchev–Trinajstić information content (AvgIpc) is 3.29. The second kappa shape index (κ2) is 6.38. The Kier molecular flexibility index (Phi) is 4.11. The summed E-state index contributed by atoms with van der Waals surface area (Å²) in [5, 5.41) is 8.64. The van der Waals surface area contributed by atoms with E-state index in [2.05, 4.69) is 20.9 Å². The molecule has 28 heavy (non-hydrogen) atoms. The highest BCUT2D eigenvalue weighted by Gasteiger charge is 2.51. The van der Waals surface area contributed by atoms with E-state index in [1.165, 1.54) is 0 Å². The van der Waals surface area contributed by atoms with Crippen LogP contribution in [0.4, 0.5) is 4.79 Å². The molecule has 1 atom stereocenters. The number of halogens is 1. The molecule has 10 heteroatoms. The Morgan fingerprint density at radius 2 is 2.14 bits per heavy atom. The zero-order chi connectivity index (χ0) is 20.1. The normalized spacial score (nSPS) is 19.0. The van der Waals surface area contributed by atoms with Gasteiger partial charge in [0.2, 0.25) is 0 Å². The number of imidazole rings is 1. The molecule has 1 aliphatic heterocycles. The van der Waals surface area contributed by atoms with Crippen molar-refractivity contribution in [1.82, 2.24) is 25.5 Å². The van der Waals surface area contributed by atoms with Crippen LogP contribution in [-0.2, 0) is 17.4 Å². The van der Waals surface area contributed by atoms with Gasteiger partial charge in [0.15, 0.2) is 11.3 Å². The van der Waals surface area contributed by atoms with Gasteiger partial charge in [0, 0.05) is 29.3 Å². The van der Waals surface area contributed by atoms with E-state index in [9.17, 15) is 14.4 Å². The molecule has 0 aliphatic carbocycles. The summed E-state index contributed by atoms with van der Waals surface area (Å²) in [4.78, 5) is 41.2. The van der Waals surface area contributed by atoms with Crippen molar-refractivity contribution in [2.24, 2.45) is 7.05 Å². The number of fused-ring (bicyclic) bond motifs is 1. The lowest BCUT2D eigenvalue weighted by atomic mass is 9.98. The monoisotopic (exact) mass is 401 g/mol. The molecular weight excluding hydrogens is 386 g/mol. The van der Waals surface area contributed by atoms with Crippen molar-refractivity contribution in [2.45, 2.75) is 12.5 Å². The largest absolute Gasteiger partial charge is 0.451 e. The third-order valence-corrected chi connectivity index (χ3v) is 5.00. The summed E-state index contributed by atoms with van der Waals surface area (Å²) < 4.78 is 7.22. The number of aromatic nitrogens is 2. The van der Waals surface area contributed by atoms with E-state index in [1.807, 2.05) is 6.92 Å². The van der Waals surface area contributed by atoms with E-state index in [0.717, 1.165) is 5.69 Å². The maximum absolute atomic E-state index is 12.6. The lowest BCUT2D eigenvalue weighted by molar-refractivity contribution is -0.124. The van der Waals surface area contributed by atoms with Gasteiger partial charge in [0.05, 0.1) is 6.54 Å². The first-order chi connectivity index (χ1) is 13.3. The van der Waals surface area contributed by atoms with Crippen LogP contribution in [-0.4, -0.2) is 33.9 Å². The van der Waals surface area contributed by atoms with E-state index < -0.39 is 23.4 Å². The number of benzene rings is 1. The number of furan rings is 1. The Labute approximate surface area is 164 Å². The quantitative estimate of drug-likeness (QED) is 0.574. The lowest BCUT2D eigenvalue weighted by Crippen LogP contribution is -2.54. The summed E-state index contributed by atoms with van der Waals surface area (Å²) in [5.74, 6) is -0.757. The Hall–Kier alpha value is -3.33. The molecular formula is C18H16ClN5O4. The van der Waals surface area contributed by atoms with Crippen LogP contribution in [0, 0.1) is 6.92 Å². The molecule has 1 saturated heterocycles. The Bertz CT molecular complexity index is 1130. The van der Waals surface area contributed by atoms with Crippen LogP contribution in [0.2, 0.25) is 5.02 Å². The van der Waals surface area contributed by atoms with E-state index >= 15 is 0 Å².